The first-order chi connectivity index (χ1) is 13.0. The van der Waals surface area contributed by atoms with Crippen molar-refractivity contribution in [2.75, 3.05) is 26.8 Å². The fourth-order valence-electron chi connectivity index (χ4n) is 2.53. The summed E-state index contributed by atoms with van der Waals surface area (Å²) in [6, 6.07) is 9.26. The van der Waals surface area contributed by atoms with Gasteiger partial charge in [0.2, 0.25) is 0 Å². The molecule has 1 unspecified atom stereocenters. The molecule has 1 atom stereocenters. The lowest BCUT2D eigenvalue weighted by Gasteiger charge is -2.22. The number of hydrogen-bond acceptors (Lipinski definition) is 5. The van der Waals surface area contributed by atoms with Gasteiger partial charge in [-0.3, -0.25) is 0 Å². The van der Waals surface area contributed by atoms with E-state index in [9.17, 15) is 5.11 Å². The van der Waals surface area contributed by atoms with E-state index in [1.54, 1.807) is 32.4 Å². The van der Waals surface area contributed by atoms with Crippen LogP contribution < -0.4 is 20.1 Å². The van der Waals surface area contributed by atoms with Gasteiger partial charge in [0.1, 0.15) is 11.4 Å². The maximum atomic E-state index is 10.6. The highest BCUT2D eigenvalue weighted by Crippen LogP contribution is 2.28. The van der Waals surface area contributed by atoms with Crippen molar-refractivity contribution in [1.82, 2.24) is 10.6 Å². The third-order valence-corrected chi connectivity index (χ3v) is 3.94. The summed E-state index contributed by atoms with van der Waals surface area (Å²) in [4.78, 5) is 4.58. The lowest BCUT2D eigenvalue weighted by Crippen LogP contribution is -2.44. The molecule has 1 aromatic heterocycles. The minimum atomic E-state index is -1.14. The third kappa shape index (κ3) is 5.92. The van der Waals surface area contributed by atoms with Crippen LogP contribution in [0.15, 0.2) is 46.0 Å². The molecule has 0 bridgehead atoms. The first-order valence-corrected chi connectivity index (χ1v) is 9.08. The minimum Gasteiger partial charge on any atom is -0.493 e. The van der Waals surface area contributed by atoms with Crippen LogP contribution in [0.2, 0.25) is 0 Å². The molecule has 2 rings (SSSR count). The number of methoxy groups -OCH3 is 1. The maximum absolute atomic E-state index is 10.6. The highest BCUT2D eigenvalue weighted by molar-refractivity contribution is 5.79. The molecule has 0 spiro atoms. The van der Waals surface area contributed by atoms with Crippen molar-refractivity contribution in [3.8, 4) is 11.5 Å². The molecule has 0 aliphatic carbocycles. The quantitative estimate of drug-likeness (QED) is 0.461. The molecule has 0 fully saturated rings. The Morgan fingerprint density at radius 2 is 2.04 bits per heavy atom. The van der Waals surface area contributed by atoms with Crippen LogP contribution in [0, 0.1) is 0 Å². The van der Waals surface area contributed by atoms with Gasteiger partial charge in [0.15, 0.2) is 17.5 Å². The van der Waals surface area contributed by atoms with Gasteiger partial charge < -0.3 is 29.6 Å². The van der Waals surface area contributed by atoms with Gasteiger partial charge >= 0.3 is 0 Å². The fraction of sp³-hybridized carbons (Fsp3) is 0.450. The molecule has 148 valence electrons. The molecule has 3 N–H and O–H groups in total. The van der Waals surface area contributed by atoms with Crippen molar-refractivity contribution in [3.05, 3.63) is 47.9 Å². The molecule has 0 saturated heterocycles. The second-order valence-electron chi connectivity index (χ2n) is 6.22. The van der Waals surface area contributed by atoms with Crippen LogP contribution in [-0.4, -0.2) is 37.9 Å². The predicted octanol–water partition coefficient (Wildman–Crippen LogP) is 2.65. The van der Waals surface area contributed by atoms with E-state index in [2.05, 4.69) is 15.6 Å². The largest absolute Gasteiger partial charge is 0.493 e. The number of nitrogens with zero attached hydrogens (tertiary/aromatic N) is 1. The molecular formula is C20H29N3O4. The Bertz CT molecular complexity index is 727. The van der Waals surface area contributed by atoms with Crippen molar-refractivity contribution >= 4 is 5.96 Å². The number of aliphatic hydroxyl groups is 1. The normalized spacial score (nSPS) is 13.7. The van der Waals surface area contributed by atoms with E-state index >= 15 is 0 Å². The molecule has 2 aromatic rings. The summed E-state index contributed by atoms with van der Waals surface area (Å²) >= 11 is 0. The summed E-state index contributed by atoms with van der Waals surface area (Å²) in [6.07, 6.45) is 1.54. The molecule has 0 aliphatic heterocycles. The number of aliphatic imine (C=N–C) groups is 1. The van der Waals surface area contributed by atoms with Crippen molar-refractivity contribution in [2.24, 2.45) is 4.99 Å². The highest BCUT2D eigenvalue weighted by Gasteiger charge is 2.26. The molecule has 0 radical (unpaired) electrons. The lowest BCUT2D eigenvalue weighted by molar-refractivity contribution is 0.0386. The molecule has 0 saturated carbocycles. The molecule has 1 heterocycles. The summed E-state index contributed by atoms with van der Waals surface area (Å²) in [5.41, 5.74) is -0.146. The van der Waals surface area contributed by atoms with Gasteiger partial charge in [0, 0.05) is 6.54 Å². The van der Waals surface area contributed by atoms with Gasteiger partial charge in [0.25, 0.3) is 0 Å². The Labute approximate surface area is 160 Å². The zero-order valence-electron chi connectivity index (χ0n) is 16.4. The van der Waals surface area contributed by atoms with Gasteiger partial charge in [-0.15, -0.1) is 0 Å². The zero-order valence-corrected chi connectivity index (χ0v) is 16.4. The predicted molar refractivity (Wildman–Crippen MR) is 105 cm³/mol. The van der Waals surface area contributed by atoms with Crippen molar-refractivity contribution in [1.29, 1.82) is 0 Å². The van der Waals surface area contributed by atoms with E-state index in [1.165, 1.54) is 0 Å². The monoisotopic (exact) mass is 375 g/mol. The molecule has 27 heavy (non-hydrogen) atoms. The van der Waals surface area contributed by atoms with Crippen LogP contribution in [0.3, 0.4) is 0 Å². The van der Waals surface area contributed by atoms with Crippen LogP contribution >= 0.6 is 0 Å². The third-order valence-electron chi connectivity index (χ3n) is 3.94. The Balaban J connectivity index is 2.04. The van der Waals surface area contributed by atoms with Crippen molar-refractivity contribution < 1.29 is 19.0 Å². The second kappa shape index (κ2) is 9.87. The molecule has 7 nitrogen and oxygen atoms in total. The SMILES string of the molecule is CCNC(=NCc1ccc(OCC)c(OC)c1)NCC(C)(O)c1ccco1. The lowest BCUT2D eigenvalue weighted by atomic mass is 10.0. The Kier molecular flexibility index (Phi) is 7.55. The standard InChI is InChI=1S/C20H29N3O4/c1-5-21-19(23-14-20(3,24)18-8-7-11-27-18)22-13-15-9-10-16(26-6-2)17(12-15)25-4/h7-12,24H,5-6,13-14H2,1-4H3,(H2,21,22,23). The van der Waals surface area contributed by atoms with E-state index in [0.717, 1.165) is 5.56 Å². The van der Waals surface area contributed by atoms with Crippen LogP contribution in [0.5, 0.6) is 11.5 Å². The van der Waals surface area contributed by atoms with E-state index in [4.69, 9.17) is 13.9 Å². The number of guanidine groups is 1. The van der Waals surface area contributed by atoms with Crippen molar-refractivity contribution in [2.45, 2.75) is 32.9 Å². The van der Waals surface area contributed by atoms with Gasteiger partial charge in [0.05, 0.1) is 33.1 Å². The van der Waals surface area contributed by atoms with Crippen LogP contribution in [-0.2, 0) is 12.1 Å². The Hall–Kier alpha value is -2.67. The average molecular weight is 375 g/mol. The van der Waals surface area contributed by atoms with Gasteiger partial charge in [-0.05, 0) is 50.6 Å². The van der Waals surface area contributed by atoms with E-state index in [-0.39, 0.29) is 6.54 Å². The van der Waals surface area contributed by atoms with Gasteiger partial charge in [-0.2, -0.15) is 0 Å². The Morgan fingerprint density at radius 1 is 1.22 bits per heavy atom. The zero-order chi connectivity index (χ0) is 19.7. The van der Waals surface area contributed by atoms with Crippen molar-refractivity contribution in [3.63, 3.8) is 0 Å². The second-order valence-corrected chi connectivity index (χ2v) is 6.22. The average Bonchev–Trinajstić information content (AvgIpc) is 3.21. The van der Waals surface area contributed by atoms with E-state index < -0.39 is 5.60 Å². The number of hydrogen-bond donors (Lipinski definition) is 3. The first kappa shape index (κ1) is 20.6. The summed E-state index contributed by atoms with van der Waals surface area (Å²) in [5.74, 6) is 2.51. The van der Waals surface area contributed by atoms with Crippen LogP contribution in [0.4, 0.5) is 0 Å². The number of rotatable bonds is 9. The summed E-state index contributed by atoms with van der Waals surface area (Å²) in [5, 5.41) is 16.9. The van der Waals surface area contributed by atoms with Crippen LogP contribution in [0.1, 0.15) is 32.1 Å². The van der Waals surface area contributed by atoms with Gasteiger partial charge in [-0.1, -0.05) is 6.07 Å². The smallest absolute Gasteiger partial charge is 0.191 e. The summed E-state index contributed by atoms with van der Waals surface area (Å²) in [7, 11) is 1.62. The molecule has 1 aromatic carbocycles. The molecule has 7 heteroatoms. The number of nitrogens with one attached hydrogen (secondary N) is 2. The van der Waals surface area contributed by atoms with E-state index in [0.29, 0.717) is 42.9 Å². The minimum absolute atomic E-state index is 0.263. The summed E-state index contributed by atoms with van der Waals surface area (Å²) < 4.78 is 16.2. The van der Waals surface area contributed by atoms with E-state index in [1.807, 2.05) is 32.0 Å². The number of benzene rings is 1. The molecule has 0 aliphatic rings. The maximum Gasteiger partial charge on any atom is 0.191 e. The Morgan fingerprint density at radius 3 is 2.67 bits per heavy atom. The molecule has 0 amide bonds. The number of furan rings is 1. The topological polar surface area (TPSA) is 88.3 Å². The number of ether oxygens (including phenoxy) is 2. The summed E-state index contributed by atoms with van der Waals surface area (Å²) in [6.45, 7) is 7.63. The first-order valence-electron chi connectivity index (χ1n) is 9.08. The highest BCUT2D eigenvalue weighted by atomic mass is 16.5. The fourth-order valence-corrected chi connectivity index (χ4v) is 2.53. The molecular weight excluding hydrogens is 346 g/mol. The van der Waals surface area contributed by atoms with Crippen LogP contribution in [0.25, 0.3) is 0 Å². The van der Waals surface area contributed by atoms with Gasteiger partial charge in [-0.25, -0.2) is 4.99 Å².